The third kappa shape index (κ3) is 5.63. The molecule has 5 nitrogen and oxygen atoms in total. The van der Waals surface area contributed by atoms with E-state index < -0.39 is 5.41 Å². The molecule has 1 aliphatic carbocycles. The van der Waals surface area contributed by atoms with Crippen LogP contribution >= 0.6 is 0 Å². The van der Waals surface area contributed by atoms with E-state index in [1.54, 1.807) is 0 Å². The third-order valence-corrected chi connectivity index (χ3v) is 12.3. The van der Waals surface area contributed by atoms with E-state index in [2.05, 4.69) is 145 Å². The number of hydrogen-bond donors (Lipinski definition) is 0. The molecule has 12 rings (SSSR count). The van der Waals surface area contributed by atoms with Crippen LogP contribution in [-0.4, -0.2) is 19.9 Å². The fourth-order valence-corrected chi connectivity index (χ4v) is 9.52. The summed E-state index contributed by atoms with van der Waals surface area (Å²) in [7, 11) is 0. The lowest BCUT2D eigenvalue weighted by atomic mass is 9.65. The molecule has 0 radical (unpaired) electrons. The van der Waals surface area contributed by atoms with Gasteiger partial charge in [0.25, 0.3) is 0 Å². The second-order valence-corrected chi connectivity index (χ2v) is 15.7. The summed E-state index contributed by atoms with van der Waals surface area (Å²) < 4.78 is 7.41. The predicted molar refractivity (Wildman–Crippen MR) is 248 cm³/mol. The number of pyridine rings is 1. The fraction of sp³-hybridized carbons (Fsp3) is 0.0175. The Hall–Kier alpha value is -8.28. The largest absolute Gasteiger partial charge is 0.455 e. The van der Waals surface area contributed by atoms with Gasteiger partial charge in [-0.25, -0.2) is 15.0 Å². The maximum Gasteiger partial charge on any atom is 0.164 e. The first-order valence-corrected chi connectivity index (χ1v) is 20.9. The second kappa shape index (κ2) is 14.5. The first-order valence-electron chi connectivity index (χ1n) is 20.9. The SMILES string of the molecule is c1ccc(-c2nc(-c3ccccc3)nc(-c3ccc(-c4cccc5c4Oc4c(-c6cccc(-c7ccccn7)c6)cccc4C54c5ccccc5-c5ccccc54)cc3)n2)cc1. The molecular formula is C57H36N4O. The number of ether oxygens (including phenoxy) is 1. The number of nitrogens with zero attached hydrogens (tertiary/aromatic N) is 4. The third-order valence-electron chi connectivity index (χ3n) is 12.3. The van der Waals surface area contributed by atoms with Crippen molar-refractivity contribution in [2.75, 3.05) is 0 Å². The van der Waals surface area contributed by atoms with Gasteiger partial charge in [-0.05, 0) is 51.6 Å². The Morgan fingerprint density at radius 3 is 1.29 bits per heavy atom. The number of benzene rings is 8. The summed E-state index contributed by atoms with van der Waals surface area (Å²) in [5, 5.41) is 0. The van der Waals surface area contributed by atoms with Crippen LogP contribution in [0, 0.1) is 0 Å². The van der Waals surface area contributed by atoms with Gasteiger partial charge in [0.05, 0.1) is 11.1 Å². The summed E-state index contributed by atoms with van der Waals surface area (Å²) in [6.07, 6.45) is 1.84. The van der Waals surface area contributed by atoms with Crippen LogP contribution in [0.5, 0.6) is 11.5 Å². The molecule has 1 aliphatic heterocycles. The van der Waals surface area contributed by atoms with Crippen LogP contribution in [0.2, 0.25) is 0 Å². The van der Waals surface area contributed by atoms with Gasteiger partial charge in [-0.1, -0.05) is 194 Å². The lowest BCUT2D eigenvalue weighted by molar-refractivity contribution is 0.440. The van der Waals surface area contributed by atoms with Gasteiger partial charge in [0.15, 0.2) is 17.5 Å². The van der Waals surface area contributed by atoms with Crippen molar-refractivity contribution in [1.82, 2.24) is 19.9 Å². The molecule has 0 N–H and O–H groups in total. The molecule has 0 atom stereocenters. The van der Waals surface area contributed by atoms with Gasteiger partial charge >= 0.3 is 0 Å². The summed E-state index contributed by atoms with van der Waals surface area (Å²) in [6, 6.07) is 74.3. The van der Waals surface area contributed by atoms with Crippen molar-refractivity contribution >= 4 is 0 Å². The van der Waals surface area contributed by atoms with Gasteiger partial charge in [0.2, 0.25) is 0 Å². The van der Waals surface area contributed by atoms with E-state index in [-0.39, 0.29) is 0 Å². The van der Waals surface area contributed by atoms with Gasteiger partial charge in [0, 0.05) is 50.7 Å². The van der Waals surface area contributed by atoms with Crippen LogP contribution in [0.4, 0.5) is 0 Å². The molecule has 0 bridgehead atoms. The lowest BCUT2D eigenvalue weighted by Gasteiger charge is -2.40. The molecule has 5 heteroatoms. The zero-order valence-corrected chi connectivity index (χ0v) is 33.5. The molecular weight excluding hydrogens is 757 g/mol. The normalized spacial score (nSPS) is 12.8. The van der Waals surface area contributed by atoms with Gasteiger partial charge in [-0.3, -0.25) is 4.98 Å². The number of rotatable bonds is 6. The molecule has 62 heavy (non-hydrogen) atoms. The Labute approximate surface area is 359 Å². The highest BCUT2D eigenvalue weighted by molar-refractivity contribution is 5.92. The summed E-state index contributed by atoms with van der Waals surface area (Å²) in [5.41, 5.74) is 15.4. The molecule has 290 valence electrons. The first-order chi connectivity index (χ1) is 30.7. The van der Waals surface area contributed by atoms with Crippen LogP contribution in [0.25, 0.3) is 78.8 Å². The van der Waals surface area contributed by atoms with Crippen molar-refractivity contribution < 1.29 is 4.74 Å². The van der Waals surface area contributed by atoms with Crippen LogP contribution in [-0.2, 0) is 5.41 Å². The van der Waals surface area contributed by atoms with E-state index >= 15 is 0 Å². The van der Waals surface area contributed by atoms with Crippen LogP contribution in [0.15, 0.2) is 219 Å². The minimum atomic E-state index is -0.632. The quantitative estimate of drug-likeness (QED) is 0.168. The molecule has 0 unspecified atom stereocenters. The van der Waals surface area contributed by atoms with Gasteiger partial charge in [0.1, 0.15) is 11.5 Å². The highest BCUT2D eigenvalue weighted by atomic mass is 16.5. The van der Waals surface area contributed by atoms with Crippen LogP contribution in [0.1, 0.15) is 22.3 Å². The number of para-hydroxylation sites is 2. The van der Waals surface area contributed by atoms with Gasteiger partial charge in [-0.2, -0.15) is 0 Å². The molecule has 10 aromatic rings. The summed E-state index contributed by atoms with van der Waals surface area (Å²) in [5.74, 6) is 3.56. The summed E-state index contributed by atoms with van der Waals surface area (Å²) in [6.45, 7) is 0. The number of aromatic nitrogens is 4. The minimum absolute atomic E-state index is 0.611. The Kier molecular flexibility index (Phi) is 8.32. The molecule has 2 aromatic heterocycles. The van der Waals surface area contributed by atoms with Crippen molar-refractivity contribution in [1.29, 1.82) is 0 Å². The maximum absolute atomic E-state index is 7.41. The predicted octanol–water partition coefficient (Wildman–Crippen LogP) is 13.7. The lowest BCUT2D eigenvalue weighted by Crippen LogP contribution is -2.32. The number of fused-ring (bicyclic) bond motifs is 9. The van der Waals surface area contributed by atoms with Crippen molar-refractivity contribution in [2.24, 2.45) is 0 Å². The number of hydrogen-bond acceptors (Lipinski definition) is 5. The highest BCUT2D eigenvalue weighted by Gasteiger charge is 2.52. The Morgan fingerprint density at radius 1 is 0.306 bits per heavy atom. The summed E-state index contributed by atoms with van der Waals surface area (Å²) >= 11 is 0. The average molecular weight is 793 g/mol. The minimum Gasteiger partial charge on any atom is -0.455 e. The molecule has 3 heterocycles. The molecule has 0 saturated heterocycles. The van der Waals surface area contributed by atoms with Crippen molar-refractivity contribution in [2.45, 2.75) is 5.41 Å². The van der Waals surface area contributed by atoms with E-state index in [0.717, 1.165) is 72.8 Å². The Bertz CT molecular complexity index is 3210. The van der Waals surface area contributed by atoms with Gasteiger partial charge in [-0.15, -0.1) is 0 Å². The molecule has 0 saturated carbocycles. The second-order valence-electron chi connectivity index (χ2n) is 15.7. The average Bonchev–Trinajstić information content (AvgIpc) is 3.65. The summed E-state index contributed by atoms with van der Waals surface area (Å²) in [4.78, 5) is 19.6. The van der Waals surface area contributed by atoms with Crippen LogP contribution in [0.3, 0.4) is 0 Å². The van der Waals surface area contributed by atoms with Crippen molar-refractivity contribution in [3.63, 3.8) is 0 Å². The standard InChI is InChI=1S/C57H36N4O/c1-3-16-38(17-4-1)54-59-55(39-18-5-2-6-19-39)61-56(60-54)40-33-31-37(32-34-40)43-24-14-28-49-52(43)62-53-44(41-20-13-21-42(36-41)51-30-11-12-35-58-51)25-15-29-50(53)57(49)47-26-9-7-22-45(47)46-23-8-10-27-48(46)57/h1-36H. The molecule has 8 aromatic carbocycles. The molecule has 0 amide bonds. The Morgan fingerprint density at radius 2 is 0.726 bits per heavy atom. The van der Waals surface area contributed by atoms with E-state index in [1.807, 2.05) is 79.0 Å². The highest BCUT2D eigenvalue weighted by Crippen LogP contribution is 2.64. The van der Waals surface area contributed by atoms with E-state index in [0.29, 0.717) is 17.5 Å². The van der Waals surface area contributed by atoms with E-state index in [9.17, 15) is 0 Å². The van der Waals surface area contributed by atoms with Crippen molar-refractivity contribution in [3.05, 3.63) is 241 Å². The van der Waals surface area contributed by atoms with Crippen LogP contribution < -0.4 is 4.74 Å². The maximum atomic E-state index is 7.41. The smallest absolute Gasteiger partial charge is 0.164 e. The monoisotopic (exact) mass is 792 g/mol. The van der Waals surface area contributed by atoms with E-state index in [1.165, 1.54) is 22.3 Å². The van der Waals surface area contributed by atoms with Gasteiger partial charge < -0.3 is 4.74 Å². The first kappa shape index (κ1) is 35.6. The van der Waals surface area contributed by atoms with Crippen molar-refractivity contribution in [3.8, 4) is 90.3 Å². The molecule has 1 spiro atoms. The van der Waals surface area contributed by atoms with E-state index in [4.69, 9.17) is 19.7 Å². The topological polar surface area (TPSA) is 60.8 Å². The zero-order valence-electron chi connectivity index (χ0n) is 33.5. The fourth-order valence-electron chi connectivity index (χ4n) is 9.52. The molecule has 2 aliphatic rings. The zero-order chi connectivity index (χ0) is 41.0. The Balaban J connectivity index is 1.04. The molecule has 0 fully saturated rings.